The Kier molecular flexibility index (Phi) is 5.43. The van der Waals surface area contributed by atoms with Gasteiger partial charge in [0.2, 0.25) is 0 Å². The van der Waals surface area contributed by atoms with Crippen molar-refractivity contribution in [3.63, 3.8) is 0 Å². The molecule has 2 atom stereocenters. The fourth-order valence-corrected chi connectivity index (χ4v) is 3.97. The minimum Gasteiger partial charge on any atom is -0.392 e. The molecule has 0 aromatic heterocycles. The summed E-state index contributed by atoms with van der Waals surface area (Å²) in [7, 11) is -2.86. The molecule has 0 aromatic carbocycles. The zero-order valence-corrected chi connectivity index (χ0v) is 10.8. The molecule has 0 spiro atoms. The third-order valence-electron chi connectivity index (χ3n) is 2.79. The van der Waals surface area contributed by atoms with Crippen molar-refractivity contribution in [2.45, 2.75) is 44.0 Å². The molecular weight excluding hydrogens is 232 g/mol. The number of aliphatic hydroxyl groups excluding tert-OH is 1. The quantitative estimate of drug-likeness (QED) is 0.777. The highest BCUT2D eigenvalue weighted by Gasteiger charge is 2.23. The molecule has 0 radical (unpaired) electrons. The van der Waals surface area contributed by atoms with Gasteiger partial charge in [0.05, 0.1) is 11.9 Å². The molecule has 90 valence electrons. The summed E-state index contributed by atoms with van der Waals surface area (Å²) in [4.78, 5) is 0. The van der Waals surface area contributed by atoms with Crippen LogP contribution in [0.2, 0.25) is 0 Å². The van der Waals surface area contributed by atoms with Gasteiger partial charge in [0.1, 0.15) is 9.84 Å². The van der Waals surface area contributed by atoms with Gasteiger partial charge in [0.15, 0.2) is 0 Å². The minimum absolute atomic E-state index is 0.210. The zero-order chi connectivity index (χ0) is 11.3. The van der Waals surface area contributed by atoms with E-state index in [-0.39, 0.29) is 17.6 Å². The first-order valence-corrected chi connectivity index (χ1v) is 8.42. The molecule has 1 aliphatic rings. The van der Waals surface area contributed by atoms with E-state index in [4.69, 9.17) is 0 Å². The van der Waals surface area contributed by atoms with Gasteiger partial charge in [-0.2, -0.15) is 11.8 Å². The minimum atomic E-state index is -2.86. The number of hydrogen-bond donors (Lipinski definition) is 1. The Bertz CT molecular complexity index is 268. The summed E-state index contributed by atoms with van der Waals surface area (Å²) in [6.07, 6.45) is 3.15. The molecule has 1 saturated heterocycles. The van der Waals surface area contributed by atoms with Crippen LogP contribution in [0.15, 0.2) is 0 Å². The highest BCUT2D eigenvalue weighted by atomic mass is 32.2. The molecule has 1 fully saturated rings. The Morgan fingerprint density at radius 1 is 1.53 bits per heavy atom. The molecule has 1 N–H and O–H groups in total. The second-order valence-corrected chi connectivity index (χ2v) is 7.82. The summed E-state index contributed by atoms with van der Waals surface area (Å²) >= 11 is 1.81. The topological polar surface area (TPSA) is 54.4 Å². The van der Waals surface area contributed by atoms with Crippen molar-refractivity contribution in [1.29, 1.82) is 0 Å². The molecule has 5 heteroatoms. The van der Waals surface area contributed by atoms with Crippen molar-refractivity contribution in [3.8, 4) is 0 Å². The first kappa shape index (κ1) is 13.3. The predicted octanol–water partition coefficient (Wildman–Crippen LogP) is 1.46. The highest BCUT2D eigenvalue weighted by Crippen LogP contribution is 2.30. The lowest BCUT2D eigenvalue weighted by Gasteiger charge is -2.16. The van der Waals surface area contributed by atoms with Gasteiger partial charge < -0.3 is 5.11 Å². The molecular formula is C10H20O3S2. The maximum absolute atomic E-state index is 11.2. The van der Waals surface area contributed by atoms with Crippen LogP contribution in [0.25, 0.3) is 0 Å². The van der Waals surface area contributed by atoms with Gasteiger partial charge in [-0.1, -0.05) is 6.92 Å². The van der Waals surface area contributed by atoms with Crippen molar-refractivity contribution < 1.29 is 13.5 Å². The first-order valence-electron chi connectivity index (χ1n) is 5.55. The van der Waals surface area contributed by atoms with Gasteiger partial charge >= 0.3 is 0 Å². The van der Waals surface area contributed by atoms with Crippen molar-refractivity contribution in [2.75, 3.05) is 17.3 Å². The molecule has 15 heavy (non-hydrogen) atoms. The summed E-state index contributed by atoms with van der Waals surface area (Å²) in [5, 5.41) is 10.1. The second kappa shape index (κ2) is 6.11. The average Bonchev–Trinajstić information content (AvgIpc) is 2.70. The molecule has 2 unspecified atom stereocenters. The van der Waals surface area contributed by atoms with E-state index in [1.807, 2.05) is 11.8 Å². The van der Waals surface area contributed by atoms with Gasteiger partial charge in [-0.25, -0.2) is 8.42 Å². The molecule has 0 bridgehead atoms. The lowest BCUT2D eigenvalue weighted by molar-refractivity contribution is 0.159. The molecule has 1 heterocycles. The van der Waals surface area contributed by atoms with Crippen molar-refractivity contribution in [2.24, 2.45) is 0 Å². The monoisotopic (exact) mass is 252 g/mol. The van der Waals surface area contributed by atoms with Crippen LogP contribution in [0, 0.1) is 0 Å². The van der Waals surface area contributed by atoms with Gasteiger partial charge in [-0.3, -0.25) is 0 Å². The predicted molar refractivity (Wildman–Crippen MR) is 65.0 cm³/mol. The summed E-state index contributed by atoms with van der Waals surface area (Å²) in [5.41, 5.74) is 0. The molecule has 0 aromatic rings. The zero-order valence-electron chi connectivity index (χ0n) is 9.18. The average molecular weight is 252 g/mol. The Morgan fingerprint density at radius 3 is 2.80 bits per heavy atom. The van der Waals surface area contributed by atoms with E-state index >= 15 is 0 Å². The van der Waals surface area contributed by atoms with E-state index in [0.717, 1.165) is 12.2 Å². The van der Waals surface area contributed by atoms with E-state index in [2.05, 4.69) is 0 Å². The fourth-order valence-electron chi connectivity index (χ4n) is 1.75. The van der Waals surface area contributed by atoms with Gasteiger partial charge in [0, 0.05) is 11.0 Å². The van der Waals surface area contributed by atoms with Crippen LogP contribution in [0.4, 0.5) is 0 Å². The van der Waals surface area contributed by atoms with Crippen LogP contribution >= 0.6 is 11.8 Å². The molecule has 1 rings (SSSR count). The Morgan fingerprint density at radius 2 is 2.27 bits per heavy atom. The third kappa shape index (κ3) is 4.74. The highest BCUT2D eigenvalue weighted by molar-refractivity contribution is 8.00. The van der Waals surface area contributed by atoms with Crippen LogP contribution in [0.3, 0.4) is 0 Å². The molecule has 1 aliphatic heterocycles. The SMILES string of the molecule is CCS(=O)(=O)CCCC(O)C1CCCS1. The number of hydrogen-bond acceptors (Lipinski definition) is 4. The third-order valence-corrected chi connectivity index (χ3v) is 6.08. The Labute approximate surface area is 96.6 Å². The number of thioether (sulfide) groups is 1. The Balaban J connectivity index is 2.19. The largest absolute Gasteiger partial charge is 0.392 e. The standard InChI is InChI=1S/C10H20O3S2/c1-2-15(12,13)8-4-5-9(11)10-6-3-7-14-10/h9-11H,2-8H2,1H3. The van der Waals surface area contributed by atoms with Crippen LogP contribution < -0.4 is 0 Å². The van der Waals surface area contributed by atoms with Crippen molar-refractivity contribution in [1.82, 2.24) is 0 Å². The van der Waals surface area contributed by atoms with E-state index in [0.29, 0.717) is 18.1 Å². The van der Waals surface area contributed by atoms with Crippen molar-refractivity contribution >= 4 is 21.6 Å². The Hall–Kier alpha value is 0.260. The normalized spacial score (nSPS) is 24.3. The number of sulfone groups is 1. The molecule has 0 saturated carbocycles. The summed E-state index contributed by atoms with van der Waals surface area (Å²) in [5.74, 6) is 1.56. The molecule has 0 aliphatic carbocycles. The number of aliphatic hydroxyl groups is 1. The van der Waals surface area contributed by atoms with E-state index in [1.54, 1.807) is 6.92 Å². The maximum Gasteiger partial charge on any atom is 0.150 e. The smallest absolute Gasteiger partial charge is 0.150 e. The summed E-state index contributed by atoms with van der Waals surface area (Å²) in [6, 6.07) is 0. The van der Waals surface area contributed by atoms with Gasteiger partial charge in [-0.05, 0) is 31.4 Å². The van der Waals surface area contributed by atoms with E-state index in [1.165, 1.54) is 6.42 Å². The molecule has 0 amide bonds. The molecule has 3 nitrogen and oxygen atoms in total. The second-order valence-electron chi connectivity index (χ2n) is 4.00. The van der Waals surface area contributed by atoms with Gasteiger partial charge in [0.25, 0.3) is 0 Å². The van der Waals surface area contributed by atoms with Crippen LogP contribution in [-0.4, -0.2) is 42.1 Å². The fraction of sp³-hybridized carbons (Fsp3) is 1.00. The van der Waals surface area contributed by atoms with Crippen LogP contribution in [0.5, 0.6) is 0 Å². The first-order chi connectivity index (χ1) is 7.05. The van der Waals surface area contributed by atoms with Crippen LogP contribution in [-0.2, 0) is 9.84 Å². The lowest BCUT2D eigenvalue weighted by Crippen LogP contribution is -2.21. The van der Waals surface area contributed by atoms with E-state index < -0.39 is 9.84 Å². The van der Waals surface area contributed by atoms with Gasteiger partial charge in [-0.15, -0.1) is 0 Å². The van der Waals surface area contributed by atoms with Crippen LogP contribution in [0.1, 0.15) is 32.6 Å². The van der Waals surface area contributed by atoms with E-state index in [9.17, 15) is 13.5 Å². The lowest BCUT2D eigenvalue weighted by atomic mass is 10.1. The summed E-state index contributed by atoms with van der Waals surface area (Å²) < 4.78 is 22.4. The number of rotatable bonds is 6. The van der Waals surface area contributed by atoms with Crippen molar-refractivity contribution in [3.05, 3.63) is 0 Å². The maximum atomic E-state index is 11.2. The summed E-state index contributed by atoms with van der Waals surface area (Å²) in [6.45, 7) is 1.67.